The summed E-state index contributed by atoms with van der Waals surface area (Å²) in [5.74, 6) is 2.75. The lowest BCUT2D eigenvalue weighted by Crippen LogP contribution is -2.21. The van der Waals surface area contributed by atoms with Crippen LogP contribution in [0.3, 0.4) is 0 Å². The van der Waals surface area contributed by atoms with E-state index in [1.165, 1.54) is 24.1 Å². The third-order valence-corrected chi connectivity index (χ3v) is 5.89. The Hall–Kier alpha value is -0.630. The van der Waals surface area contributed by atoms with E-state index >= 15 is 0 Å². The van der Waals surface area contributed by atoms with Crippen LogP contribution in [0, 0.1) is 17.8 Å². The maximum Gasteiger partial charge on any atom is 0.145 e. The van der Waals surface area contributed by atoms with Crippen molar-refractivity contribution in [2.75, 3.05) is 0 Å². The number of hydrogen-bond donors (Lipinski definition) is 0. The monoisotopic (exact) mass is 218 g/mol. The Morgan fingerprint density at radius 1 is 1.40 bits per heavy atom. The molecule has 1 heterocycles. The molecule has 0 amide bonds. The lowest BCUT2D eigenvalue weighted by Gasteiger charge is -2.19. The first-order valence-corrected chi connectivity index (χ1v) is 6.80. The van der Waals surface area contributed by atoms with Gasteiger partial charge in [-0.2, -0.15) is 0 Å². The fourth-order valence-corrected chi connectivity index (χ4v) is 5.46. The van der Waals surface area contributed by atoms with Gasteiger partial charge in [0.1, 0.15) is 5.78 Å². The first kappa shape index (κ1) is 8.51. The zero-order chi connectivity index (χ0) is 10.0. The Morgan fingerprint density at radius 3 is 3.07 bits per heavy atom. The Balaban J connectivity index is 1.86. The van der Waals surface area contributed by atoms with Gasteiger partial charge in [0.25, 0.3) is 0 Å². The topological polar surface area (TPSA) is 17.1 Å². The second-order valence-corrected chi connectivity index (χ2v) is 6.24. The number of hydrogen-bond acceptors (Lipinski definition) is 2. The van der Waals surface area contributed by atoms with E-state index in [1.807, 2.05) is 0 Å². The molecule has 0 radical (unpaired) electrons. The Labute approximate surface area is 93.5 Å². The van der Waals surface area contributed by atoms with Crippen molar-refractivity contribution < 1.29 is 4.79 Å². The van der Waals surface area contributed by atoms with Gasteiger partial charge in [-0.3, -0.25) is 4.79 Å². The molecule has 0 N–H and O–H groups in total. The van der Waals surface area contributed by atoms with E-state index in [-0.39, 0.29) is 5.41 Å². The number of fused-ring (bicyclic) bond motifs is 1. The number of carbonyl (C=O) groups excluding carboxylic acids is 1. The molecular weight excluding hydrogens is 204 g/mol. The van der Waals surface area contributed by atoms with Gasteiger partial charge in [-0.05, 0) is 42.0 Å². The van der Waals surface area contributed by atoms with E-state index in [2.05, 4.69) is 17.5 Å². The minimum atomic E-state index is 0.0231. The van der Waals surface area contributed by atoms with Crippen molar-refractivity contribution in [1.82, 2.24) is 0 Å². The van der Waals surface area contributed by atoms with Crippen LogP contribution in [-0.4, -0.2) is 5.78 Å². The molecule has 15 heavy (non-hydrogen) atoms. The summed E-state index contributed by atoms with van der Waals surface area (Å²) in [6.45, 7) is 0. The van der Waals surface area contributed by atoms with Gasteiger partial charge >= 0.3 is 0 Å². The molecular formula is C13H14OS. The van der Waals surface area contributed by atoms with E-state index in [0.29, 0.717) is 5.78 Å². The van der Waals surface area contributed by atoms with Gasteiger partial charge in [0.15, 0.2) is 0 Å². The molecule has 3 fully saturated rings. The van der Waals surface area contributed by atoms with Crippen molar-refractivity contribution in [3.8, 4) is 0 Å². The maximum absolute atomic E-state index is 12.3. The minimum absolute atomic E-state index is 0.0231. The minimum Gasteiger partial charge on any atom is -0.299 e. The quantitative estimate of drug-likeness (QED) is 0.708. The van der Waals surface area contributed by atoms with Crippen LogP contribution in [0.5, 0.6) is 0 Å². The second-order valence-electron chi connectivity index (χ2n) is 5.30. The largest absolute Gasteiger partial charge is 0.299 e. The van der Waals surface area contributed by atoms with Crippen molar-refractivity contribution >= 4 is 17.1 Å². The summed E-state index contributed by atoms with van der Waals surface area (Å²) in [6, 6.07) is 4.28. The SMILES string of the molecule is O=C1CC2CCCC3C2C13c1cccs1. The van der Waals surface area contributed by atoms with Crippen LogP contribution in [0.15, 0.2) is 17.5 Å². The van der Waals surface area contributed by atoms with Crippen molar-refractivity contribution in [1.29, 1.82) is 0 Å². The molecule has 1 aromatic rings. The molecule has 4 atom stereocenters. The molecule has 0 saturated heterocycles. The fraction of sp³-hybridized carbons (Fsp3) is 0.615. The molecule has 3 aliphatic rings. The molecule has 0 spiro atoms. The van der Waals surface area contributed by atoms with Gasteiger partial charge < -0.3 is 0 Å². The lowest BCUT2D eigenvalue weighted by molar-refractivity contribution is -0.121. The Morgan fingerprint density at radius 2 is 2.33 bits per heavy atom. The summed E-state index contributed by atoms with van der Waals surface area (Å²) in [7, 11) is 0. The van der Waals surface area contributed by atoms with E-state index < -0.39 is 0 Å². The van der Waals surface area contributed by atoms with Crippen molar-refractivity contribution in [3.05, 3.63) is 22.4 Å². The predicted octanol–water partition coefficient (Wildman–Crippen LogP) is 3.00. The van der Waals surface area contributed by atoms with Gasteiger partial charge in [0.05, 0.1) is 5.41 Å². The van der Waals surface area contributed by atoms with E-state index in [0.717, 1.165) is 24.2 Å². The zero-order valence-corrected chi connectivity index (χ0v) is 9.43. The van der Waals surface area contributed by atoms with Crippen LogP contribution >= 0.6 is 11.3 Å². The molecule has 4 unspecified atom stereocenters. The Kier molecular flexibility index (Phi) is 1.44. The molecule has 4 rings (SSSR count). The third kappa shape index (κ3) is 0.804. The fourth-order valence-electron chi connectivity index (χ4n) is 4.40. The smallest absolute Gasteiger partial charge is 0.145 e. The highest BCUT2D eigenvalue weighted by Gasteiger charge is 2.76. The van der Waals surface area contributed by atoms with Crippen LogP contribution in [0.4, 0.5) is 0 Å². The zero-order valence-electron chi connectivity index (χ0n) is 8.61. The highest BCUT2D eigenvalue weighted by molar-refractivity contribution is 7.10. The van der Waals surface area contributed by atoms with Crippen LogP contribution in [0.2, 0.25) is 0 Å². The summed E-state index contributed by atoms with van der Waals surface area (Å²) in [4.78, 5) is 13.6. The van der Waals surface area contributed by atoms with Crippen LogP contribution < -0.4 is 0 Å². The first-order chi connectivity index (χ1) is 7.35. The number of carbonyl (C=O) groups is 1. The number of rotatable bonds is 1. The molecule has 2 heteroatoms. The van der Waals surface area contributed by atoms with Gasteiger partial charge in [-0.25, -0.2) is 0 Å². The highest BCUT2D eigenvalue weighted by Crippen LogP contribution is 2.74. The predicted molar refractivity (Wildman–Crippen MR) is 59.9 cm³/mol. The van der Waals surface area contributed by atoms with Crippen molar-refractivity contribution in [2.45, 2.75) is 31.1 Å². The van der Waals surface area contributed by atoms with Crippen LogP contribution in [0.1, 0.15) is 30.6 Å². The van der Waals surface area contributed by atoms with E-state index in [4.69, 9.17) is 0 Å². The lowest BCUT2D eigenvalue weighted by atomic mass is 9.85. The van der Waals surface area contributed by atoms with Crippen molar-refractivity contribution in [2.24, 2.45) is 17.8 Å². The normalized spacial score (nSPS) is 46.7. The Bertz CT molecular complexity index is 422. The van der Waals surface area contributed by atoms with Crippen LogP contribution in [0.25, 0.3) is 0 Å². The van der Waals surface area contributed by atoms with E-state index in [9.17, 15) is 4.79 Å². The molecule has 78 valence electrons. The average molecular weight is 218 g/mol. The highest BCUT2D eigenvalue weighted by atomic mass is 32.1. The molecule has 3 saturated carbocycles. The van der Waals surface area contributed by atoms with Crippen LogP contribution in [-0.2, 0) is 10.2 Å². The summed E-state index contributed by atoms with van der Waals surface area (Å²) >= 11 is 1.79. The van der Waals surface area contributed by atoms with E-state index in [1.54, 1.807) is 11.3 Å². The standard InChI is InChI=1S/C13H14OS/c14-10-7-8-3-1-4-9-12(8)13(9,10)11-5-2-6-15-11/h2,5-6,8-9,12H,1,3-4,7H2. The summed E-state index contributed by atoms with van der Waals surface area (Å²) in [6.07, 6.45) is 4.83. The summed E-state index contributed by atoms with van der Waals surface area (Å²) in [5, 5.41) is 2.12. The molecule has 0 bridgehead atoms. The number of Topliss-reactive ketones (excluding diaryl/α,β-unsaturated/α-hetero) is 1. The van der Waals surface area contributed by atoms with Gasteiger partial charge in [0.2, 0.25) is 0 Å². The molecule has 0 aliphatic heterocycles. The first-order valence-electron chi connectivity index (χ1n) is 5.92. The molecule has 0 aromatic carbocycles. The number of thiophene rings is 1. The van der Waals surface area contributed by atoms with Gasteiger partial charge in [-0.1, -0.05) is 12.5 Å². The summed E-state index contributed by atoms with van der Waals surface area (Å²) in [5.41, 5.74) is 0.0231. The third-order valence-electron chi connectivity index (χ3n) is 4.87. The summed E-state index contributed by atoms with van der Waals surface area (Å²) < 4.78 is 0. The average Bonchev–Trinajstić information content (AvgIpc) is 2.61. The molecule has 3 aliphatic carbocycles. The maximum atomic E-state index is 12.3. The molecule has 1 aromatic heterocycles. The second kappa shape index (κ2) is 2.54. The number of ketones is 1. The van der Waals surface area contributed by atoms with Gasteiger partial charge in [0, 0.05) is 11.3 Å². The van der Waals surface area contributed by atoms with Crippen molar-refractivity contribution in [3.63, 3.8) is 0 Å². The molecule has 1 nitrogen and oxygen atoms in total. The van der Waals surface area contributed by atoms with Gasteiger partial charge in [-0.15, -0.1) is 11.3 Å².